The van der Waals surface area contributed by atoms with Gasteiger partial charge in [0, 0.05) is 6.04 Å². The predicted molar refractivity (Wildman–Crippen MR) is 88.5 cm³/mol. The van der Waals surface area contributed by atoms with Crippen LogP contribution in [0.25, 0.3) is 0 Å². The smallest absolute Gasteiger partial charge is 0.208 e. The van der Waals surface area contributed by atoms with Crippen LogP contribution in [0.2, 0.25) is 0 Å². The van der Waals surface area contributed by atoms with Gasteiger partial charge in [0.1, 0.15) is 0 Å². The molecular weight excluding hydrogens is 270 g/mol. The van der Waals surface area contributed by atoms with Gasteiger partial charge in [-0.1, -0.05) is 78.1 Å². The second kappa shape index (κ2) is 12.6. The zero-order chi connectivity index (χ0) is 15.3. The Morgan fingerprint density at radius 1 is 0.750 bits per heavy atom. The Bertz CT molecular complexity index is 302. The maximum absolute atomic E-state index is 11.4. The van der Waals surface area contributed by atoms with Crippen LogP contribution in [0.1, 0.15) is 90.9 Å². The number of unbranched alkanes of at least 4 members (excludes halogenated alkanes) is 8. The highest BCUT2D eigenvalue weighted by molar-refractivity contribution is 7.88. The fourth-order valence-electron chi connectivity index (χ4n) is 2.55. The number of sulfonamides is 1. The molecule has 0 radical (unpaired) electrons. The number of hydrogen-bond donors (Lipinski definition) is 1. The Kier molecular flexibility index (Phi) is 12.6. The van der Waals surface area contributed by atoms with Crippen molar-refractivity contribution in [3.8, 4) is 0 Å². The van der Waals surface area contributed by atoms with Crippen molar-refractivity contribution in [1.82, 2.24) is 4.72 Å². The molecule has 0 aliphatic heterocycles. The first-order valence-corrected chi connectivity index (χ1v) is 10.4. The van der Waals surface area contributed by atoms with Gasteiger partial charge in [-0.15, -0.1) is 0 Å². The van der Waals surface area contributed by atoms with Gasteiger partial charge in [0.15, 0.2) is 0 Å². The molecule has 0 aliphatic rings. The number of hydrogen-bond acceptors (Lipinski definition) is 2. The van der Waals surface area contributed by atoms with Gasteiger partial charge in [-0.3, -0.25) is 0 Å². The summed E-state index contributed by atoms with van der Waals surface area (Å²) in [5.41, 5.74) is 0. The molecule has 0 saturated carbocycles. The molecule has 0 aliphatic carbocycles. The summed E-state index contributed by atoms with van der Waals surface area (Å²) in [7, 11) is -3.07. The molecule has 0 bridgehead atoms. The van der Waals surface area contributed by atoms with E-state index in [1.54, 1.807) is 0 Å². The molecule has 0 rings (SSSR count). The topological polar surface area (TPSA) is 46.2 Å². The first-order chi connectivity index (χ1) is 9.49. The summed E-state index contributed by atoms with van der Waals surface area (Å²) < 4.78 is 25.6. The maximum Gasteiger partial charge on any atom is 0.208 e. The third-order valence-corrected chi connectivity index (χ3v) is 4.45. The Morgan fingerprint density at radius 3 is 1.60 bits per heavy atom. The Morgan fingerprint density at radius 2 is 1.15 bits per heavy atom. The lowest BCUT2D eigenvalue weighted by Gasteiger charge is -2.17. The fourth-order valence-corrected chi connectivity index (χ4v) is 3.39. The molecular formula is C16H35NO2S. The largest absolute Gasteiger partial charge is 0.213 e. The molecule has 4 heteroatoms. The molecule has 0 spiro atoms. The lowest BCUT2D eigenvalue weighted by Crippen LogP contribution is -2.33. The molecule has 3 nitrogen and oxygen atoms in total. The van der Waals surface area contributed by atoms with E-state index in [9.17, 15) is 8.42 Å². The van der Waals surface area contributed by atoms with Gasteiger partial charge in [-0.05, 0) is 12.8 Å². The summed E-state index contributed by atoms with van der Waals surface area (Å²) in [6.07, 6.45) is 15.7. The van der Waals surface area contributed by atoms with Crippen LogP contribution in [-0.4, -0.2) is 20.7 Å². The molecule has 122 valence electrons. The Hall–Kier alpha value is -0.0900. The van der Waals surface area contributed by atoms with Gasteiger partial charge < -0.3 is 0 Å². The van der Waals surface area contributed by atoms with Gasteiger partial charge in [-0.2, -0.15) is 0 Å². The second-order valence-electron chi connectivity index (χ2n) is 5.99. The molecule has 0 aromatic heterocycles. The standard InChI is InChI=1S/C16H35NO2S/c1-4-6-8-10-11-13-15-16(17-20(3,18)19)14-12-9-7-5-2/h16-17H,4-15H2,1-3H3. The lowest BCUT2D eigenvalue weighted by molar-refractivity contribution is 0.455. The third kappa shape index (κ3) is 14.3. The third-order valence-electron chi connectivity index (χ3n) is 3.69. The normalized spacial score (nSPS) is 13.6. The van der Waals surface area contributed by atoms with E-state index in [-0.39, 0.29) is 6.04 Å². The van der Waals surface area contributed by atoms with Crippen molar-refractivity contribution >= 4 is 10.0 Å². The molecule has 20 heavy (non-hydrogen) atoms. The first-order valence-electron chi connectivity index (χ1n) is 8.47. The molecule has 0 amide bonds. The van der Waals surface area contributed by atoms with Crippen molar-refractivity contribution < 1.29 is 8.42 Å². The molecule has 0 fully saturated rings. The summed E-state index contributed by atoms with van der Waals surface area (Å²) in [6.45, 7) is 4.42. The molecule has 0 aromatic carbocycles. The van der Waals surface area contributed by atoms with E-state index in [0.717, 1.165) is 25.7 Å². The van der Waals surface area contributed by atoms with Crippen molar-refractivity contribution in [2.45, 2.75) is 96.9 Å². The van der Waals surface area contributed by atoms with E-state index in [1.165, 1.54) is 57.6 Å². The second-order valence-corrected chi connectivity index (χ2v) is 7.77. The summed E-state index contributed by atoms with van der Waals surface area (Å²) in [4.78, 5) is 0. The van der Waals surface area contributed by atoms with Crippen LogP contribution in [0.4, 0.5) is 0 Å². The van der Waals surface area contributed by atoms with Crippen LogP contribution in [0.5, 0.6) is 0 Å². The van der Waals surface area contributed by atoms with Crippen molar-refractivity contribution in [1.29, 1.82) is 0 Å². The van der Waals surface area contributed by atoms with Crippen molar-refractivity contribution in [3.63, 3.8) is 0 Å². The molecule has 1 N–H and O–H groups in total. The SMILES string of the molecule is CCCCCCCCC(CCCCCC)NS(C)(=O)=O. The van der Waals surface area contributed by atoms with Crippen LogP contribution in [-0.2, 0) is 10.0 Å². The van der Waals surface area contributed by atoms with E-state index < -0.39 is 10.0 Å². The average molecular weight is 306 g/mol. The van der Waals surface area contributed by atoms with Crippen LogP contribution in [0.15, 0.2) is 0 Å². The van der Waals surface area contributed by atoms with Gasteiger partial charge >= 0.3 is 0 Å². The quantitative estimate of drug-likeness (QED) is 0.476. The Labute approximate surface area is 127 Å². The summed E-state index contributed by atoms with van der Waals surface area (Å²) >= 11 is 0. The van der Waals surface area contributed by atoms with Crippen LogP contribution < -0.4 is 4.72 Å². The molecule has 0 aromatic rings. The predicted octanol–water partition coefficient (Wildman–Crippen LogP) is 4.63. The van der Waals surface area contributed by atoms with Crippen molar-refractivity contribution in [2.75, 3.05) is 6.26 Å². The number of rotatable bonds is 14. The van der Waals surface area contributed by atoms with Gasteiger partial charge in [-0.25, -0.2) is 13.1 Å². The fraction of sp³-hybridized carbons (Fsp3) is 1.00. The molecule has 0 saturated heterocycles. The monoisotopic (exact) mass is 305 g/mol. The Balaban J connectivity index is 3.86. The van der Waals surface area contributed by atoms with Crippen LogP contribution in [0.3, 0.4) is 0 Å². The minimum atomic E-state index is -3.07. The van der Waals surface area contributed by atoms with Gasteiger partial charge in [0.05, 0.1) is 6.26 Å². The van der Waals surface area contributed by atoms with E-state index in [0.29, 0.717) is 0 Å². The minimum Gasteiger partial charge on any atom is -0.213 e. The lowest BCUT2D eigenvalue weighted by atomic mass is 10.0. The van der Waals surface area contributed by atoms with Crippen LogP contribution in [0, 0.1) is 0 Å². The molecule has 1 atom stereocenters. The van der Waals surface area contributed by atoms with Gasteiger partial charge in [0.25, 0.3) is 0 Å². The van der Waals surface area contributed by atoms with E-state index in [2.05, 4.69) is 18.6 Å². The number of nitrogens with one attached hydrogen (secondary N) is 1. The average Bonchev–Trinajstić information content (AvgIpc) is 2.36. The highest BCUT2D eigenvalue weighted by Gasteiger charge is 2.13. The zero-order valence-electron chi connectivity index (χ0n) is 13.8. The summed E-state index contributed by atoms with van der Waals surface area (Å²) in [5, 5.41) is 0. The van der Waals surface area contributed by atoms with Crippen LogP contribution >= 0.6 is 0 Å². The van der Waals surface area contributed by atoms with Crippen molar-refractivity contribution in [3.05, 3.63) is 0 Å². The first kappa shape index (κ1) is 19.9. The van der Waals surface area contributed by atoms with E-state index >= 15 is 0 Å². The summed E-state index contributed by atoms with van der Waals surface area (Å²) in [6, 6.07) is 0.146. The highest BCUT2D eigenvalue weighted by atomic mass is 32.2. The molecule has 1 unspecified atom stereocenters. The molecule has 0 heterocycles. The maximum atomic E-state index is 11.4. The highest BCUT2D eigenvalue weighted by Crippen LogP contribution is 2.14. The van der Waals surface area contributed by atoms with E-state index in [1.807, 2.05) is 0 Å². The van der Waals surface area contributed by atoms with E-state index in [4.69, 9.17) is 0 Å². The van der Waals surface area contributed by atoms with Gasteiger partial charge in [0.2, 0.25) is 10.0 Å². The minimum absolute atomic E-state index is 0.146. The summed E-state index contributed by atoms with van der Waals surface area (Å²) in [5.74, 6) is 0. The van der Waals surface area contributed by atoms with Crippen molar-refractivity contribution in [2.24, 2.45) is 0 Å². The zero-order valence-corrected chi connectivity index (χ0v) is 14.6.